The Morgan fingerprint density at radius 1 is 1.13 bits per heavy atom. The monoisotopic (exact) mass is 557 g/mol. The number of aromatic nitrogens is 3. The van der Waals surface area contributed by atoms with Crippen LogP contribution < -0.4 is 10.6 Å². The van der Waals surface area contributed by atoms with Crippen molar-refractivity contribution < 1.29 is 23.9 Å². The molecular formula is C26H31N5O5S2. The summed E-state index contributed by atoms with van der Waals surface area (Å²) in [5, 5.41) is 15.0. The van der Waals surface area contributed by atoms with Crippen LogP contribution in [0.4, 0.5) is 5.00 Å². The molecule has 202 valence electrons. The van der Waals surface area contributed by atoms with Gasteiger partial charge in [-0.05, 0) is 44.4 Å². The van der Waals surface area contributed by atoms with E-state index in [0.29, 0.717) is 27.0 Å². The molecule has 1 aromatic carbocycles. The second kappa shape index (κ2) is 12.8. The van der Waals surface area contributed by atoms with Gasteiger partial charge in [0.15, 0.2) is 16.8 Å². The fourth-order valence-corrected chi connectivity index (χ4v) is 5.57. The summed E-state index contributed by atoms with van der Waals surface area (Å²) in [7, 11) is 1.78. The number of thiophene rings is 1. The molecule has 12 heteroatoms. The maximum atomic E-state index is 12.8. The number of amides is 2. The molecule has 0 radical (unpaired) electrons. The number of hydrogen-bond acceptors (Lipinski definition) is 9. The quantitative estimate of drug-likeness (QED) is 0.201. The van der Waals surface area contributed by atoms with Crippen molar-refractivity contribution in [2.45, 2.75) is 45.8 Å². The number of esters is 1. The third-order valence-electron chi connectivity index (χ3n) is 5.67. The van der Waals surface area contributed by atoms with Crippen molar-refractivity contribution in [1.29, 1.82) is 0 Å². The smallest absolute Gasteiger partial charge is 0.341 e. The zero-order valence-electron chi connectivity index (χ0n) is 22.2. The Balaban J connectivity index is 1.72. The normalized spacial score (nSPS) is 11.8. The van der Waals surface area contributed by atoms with Gasteiger partial charge in [-0.3, -0.25) is 14.4 Å². The molecule has 0 bridgehead atoms. The molecule has 3 rings (SSSR count). The number of carbonyl (C=O) groups excluding carboxylic acids is 4. The van der Waals surface area contributed by atoms with Crippen LogP contribution in [0, 0.1) is 12.8 Å². The lowest BCUT2D eigenvalue weighted by Gasteiger charge is -2.21. The molecule has 0 fully saturated rings. The van der Waals surface area contributed by atoms with Crippen molar-refractivity contribution in [3.63, 3.8) is 0 Å². The second-order valence-electron chi connectivity index (χ2n) is 8.83. The number of benzene rings is 1. The van der Waals surface area contributed by atoms with Crippen LogP contribution >= 0.6 is 23.1 Å². The first-order valence-corrected chi connectivity index (χ1v) is 13.8. The average molecular weight is 558 g/mol. The number of hydrogen-bond donors (Lipinski definition) is 2. The van der Waals surface area contributed by atoms with E-state index in [4.69, 9.17) is 4.74 Å². The molecule has 38 heavy (non-hydrogen) atoms. The van der Waals surface area contributed by atoms with Gasteiger partial charge in [0, 0.05) is 12.6 Å². The van der Waals surface area contributed by atoms with Gasteiger partial charge < -0.3 is 19.9 Å². The summed E-state index contributed by atoms with van der Waals surface area (Å²) in [6.07, 6.45) is 0. The number of carbonyl (C=O) groups is 4. The van der Waals surface area contributed by atoms with Gasteiger partial charge in [0.2, 0.25) is 5.91 Å². The molecule has 2 heterocycles. The minimum absolute atomic E-state index is 0.0106. The highest BCUT2D eigenvalue weighted by Crippen LogP contribution is 2.34. The second-order valence-corrected chi connectivity index (χ2v) is 10.8. The number of Topliss-reactive ketones (excluding diaryl/α,β-unsaturated/α-hetero) is 1. The lowest BCUT2D eigenvalue weighted by Crippen LogP contribution is -2.33. The van der Waals surface area contributed by atoms with Crippen molar-refractivity contribution in [2.75, 3.05) is 17.7 Å². The summed E-state index contributed by atoms with van der Waals surface area (Å²) >= 11 is 2.22. The molecule has 0 saturated heterocycles. The van der Waals surface area contributed by atoms with E-state index >= 15 is 0 Å². The van der Waals surface area contributed by atoms with E-state index < -0.39 is 12.0 Å². The molecule has 0 saturated carbocycles. The number of rotatable bonds is 11. The number of ether oxygens (including phenoxy) is 1. The van der Waals surface area contributed by atoms with Crippen molar-refractivity contribution >= 4 is 51.7 Å². The summed E-state index contributed by atoms with van der Waals surface area (Å²) < 4.78 is 6.87. The third kappa shape index (κ3) is 6.67. The van der Waals surface area contributed by atoms with E-state index in [0.717, 1.165) is 11.3 Å². The summed E-state index contributed by atoms with van der Waals surface area (Å²) in [6, 6.07) is 8.54. The van der Waals surface area contributed by atoms with Crippen LogP contribution in [0.1, 0.15) is 75.5 Å². The van der Waals surface area contributed by atoms with Crippen LogP contribution in [0.15, 0.2) is 35.5 Å². The molecule has 1 atom stereocenters. The zero-order valence-corrected chi connectivity index (χ0v) is 23.8. The lowest BCUT2D eigenvalue weighted by molar-refractivity contribution is -0.113. The molecule has 3 aromatic rings. The number of anilines is 1. The lowest BCUT2D eigenvalue weighted by atomic mass is 10.0. The van der Waals surface area contributed by atoms with Crippen molar-refractivity contribution in [1.82, 2.24) is 20.1 Å². The molecule has 2 amide bonds. The van der Waals surface area contributed by atoms with Gasteiger partial charge in [0.05, 0.1) is 28.8 Å². The van der Waals surface area contributed by atoms with Crippen LogP contribution in [0.3, 0.4) is 0 Å². The Morgan fingerprint density at radius 3 is 2.42 bits per heavy atom. The summed E-state index contributed by atoms with van der Waals surface area (Å²) in [5.74, 6) is -0.787. The number of ketones is 1. The van der Waals surface area contributed by atoms with E-state index in [1.165, 1.54) is 18.7 Å². The van der Waals surface area contributed by atoms with Gasteiger partial charge in [0.1, 0.15) is 5.00 Å². The maximum Gasteiger partial charge on any atom is 0.341 e. The van der Waals surface area contributed by atoms with E-state index in [1.807, 2.05) is 19.9 Å². The molecule has 0 spiro atoms. The minimum atomic E-state index is -0.591. The van der Waals surface area contributed by atoms with E-state index in [-0.39, 0.29) is 46.4 Å². The maximum absolute atomic E-state index is 12.8. The Kier molecular flexibility index (Phi) is 9.81. The minimum Gasteiger partial charge on any atom is -0.462 e. The number of nitrogens with zero attached hydrogens (tertiary/aromatic N) is 3. The highest BCUT2D eigenvalue weighted by molar-refractivity contribution is 7.99. The van der Waals surface area contributed by atoms with Crippen molar-refractivity contribution in [3.05, 3.63) is 57.7 Å². The third-order valence-corrected chi connectivity index (χ3v) is 8.00. The van der Waals surface area contributed by atoms with Crippen molar-refractivity contribution in [3.8, 4) is 0 Å². The Labute approximate surface area is 229 Å². The predicted octanol–water partition coefficient (Wildman–Crippen LogP) is 4.42. The SMILES string of the molecule is CCOC(=O)c1c(NC(=O)CSc2nnc([C@H](NC(=O)c3ccccc3)C(C)C)n2C)sc(C(C)=O)c1C. The highest BCUT2D eigenvalue weighted by Gasteiger charge is 2.27. The standard InChI is InChI=1S/C26H31N5O5S2/c1-7-36-25(35)19-15(4)21(16(5)32)38-24(19)27-18(33)13-37-26-30-29-22(31(26)6)20(14(2)3)28-23(34)17-11-9-8-10-12-17/h8-12,14,20H,7,13H2,1-6H3,(H,27,33)(H,28,34)/t20-/m1/s1. The average Bonchev–Trinajstić information content (AvgIpc) is 3.40. The van der Waals surface area contributed by atoms with Gasteiger partial charge in [-0.25, -0.2) is 4.79 Å². The predicted molar refractivity (Wildman–Crippen MR) is 147 cm³/mol. The largest absolute Gasteiger partial charge is 0.462 e. The van der Waals surface area contributed by atoms with Crippen LogP contribution in [-0.2, 0) is 16.6 Å². The molecule has 10 nitrogen and oxygen atoms in total. The first kappa shape index (κ1) is 29.1. The van der Waals surface area contributed by atoms with Crippen LogP contribution in [0.5, 0.6) is 0 Å². The van der Waals surface area contributed by atoms with Gasteiger partial charge in [-0.1, -0.05) is 43.8 Å². The van der Waals surface area contributed by atoms with E-state index in [9.17, 15) is 19.2 Å². The summed E-state index contributed by atoms with van der Waals surface area (Å²) in [5.41, 5.74) is 1.22. The molecule has 0 aliphatic rings. The number of nitrogens with one attached hydrogen (secondary N) is 2. The molecule has 0 aliphatic heterocycles. The summed E-state index contributed by atoms with van der Waals surface area (Å²) in [4.78, 5) is 50.4. The topological polar surface area (TPSA) is 132 Å². The highest BCUT2D eigenvalue weighted by atomic mass is 32.2. The molecule has 0 unspecified atom stereocenters. The van der Waals surface area contributed by atoms with Crippen molar-refractivity contribution in [2.24, 2.45) is 13.0 Å². The first-order chi connectivity index (χ1) is 18.0. The first-order valence-electron chi connectivity index (χ1n) is 12.0. The fraction of sp³-hybridized carbons (Fsp3) is 0.385. The molecule has 0 aliphatic carbocycles. The summed E-state index contributed by atoms with van der Waals surface area (Å²) in [6.45, 7) is 8.88. The van der Waals surface area contributed by atoms with Gasteiger partial charge in [-0.2, -0.15) is 0 Å². The molecular weight excluding hydrogens is 526 g/mol. The number of thioether (sulfide) groups is 1. The Hall–Kier alpha value is -3.51. The van der Waals surface area contributed by atoms with E-state index in [1.54, 1.807) is 49.7 Å². The molecule has 2 aromatic heterocycles. The molecule has 2 N–H and O–H groups in total. The Bertz CT molecular complexity index is 1330. The van der Waals surface area contributed by atoms with Gasteiger partial charge in [0.25, 0.3) is 5.91 Å². The van der Waals surface area contributed by atoms with Gasteiger partial charge >= 0.3 is 5.97 Å². The zero-order chi connectivity index (χ0) is 28.0. The van der Waals surface area contributed by atoms with Crippen LogP contribution in [0.2, 0.25) is 0 Å². The van der Waals surface area contributed by atoms with E-state index in [2.05, 4.69) is 20.8 Å². The Morgan fingerprint density at radius 2 is 1.82 bits per heavy atom. The fourth-order valence-electron chi connectivity index (χ4n) is 3.75. The van der Waals surface area contributed by atoms with Gasteiger partial charge in [-0.15, -0.1) is 21.5 Å². The van der Waals surface area contributed by atoms with Crippen LogP contribution in [-0.4, -0.2) is 50.7 Å². The van der Waals surface area contributed by atoms with Crippen LogP contribution in [0.25, 0.3) is 0 Å².